The maximum Gasteiger partial charge on any atom is 0.327 e. The van der Waals surface area contributed by atoms with Crippen LogP contribution in [0.1, 0.15) is 65.2 Å². The number of nitrogens with zero attached hydrogens (tertiary/aromatic N) is 1. The lowest BCUT2D eigenvalue weighted by atomic mass is 10.2. The Morgan fingerprint density at radius 2 is 1.59 bits per heavy atom. The molecule has 0 spiro atoms. The molecule has 17 heavy (non-hydrogen) atoms. The van der Waals surface area contributed by atoms with Crippen LogP contribution in [0.15, 0.2) is 0 Å². The lowest BCUT2D eigenvalue weighted by molar-refractivity contribution is 0.225. The van der Waals surface area contributed by atoms with Crippen LogP contribution in [0.5, 0.6) is 0 Å². The minimum atomic E-state index is -0.0543. The number of unbranched alkanes of at least 4 members (excludes halogenated alkanes) is 6. The molecule has 0 aliphatic heterocycles. The van der Waals surface area contributed by atoms with Gasteiger partial charge in [0.2, 0.25) is 0 Å². The van der Waals surface area contributed by atoms with Crippen molar-refractivity contribution >= 4 is 18.8 Å². The van der Waals surface area contributed by atoms with E-state index < -0.39 is 0 Å². The molecule has 0 bridgehead atoms. The average Bonchev–Trinajstić information content (AvgIpc) is 2.34. The number of carbonyl (C=O) groups is 1. The minimum absolute atomic E-state index is 0.0543. The number of amides is 2. The number of hydrogen-bond acceptors (Lipinski definition) is 2. The van der Waals surface area contributed by atoms with Gasteiger partial charge in [0.1, 0.15) is 0 Å². The van der Waals surface area contributed by atoms with E-state index >= 15 is 0 Å². The van der Waals surface area contributed by atoms with Crippen molar-refractivity contribution in [3.05, 3.63) is 0 Å². The van der Waals surface area contributed by atoms with Gasteiger partial charge in [0.15, 0.2) is 0 Å². The monoisotopic (exact) mass is 260 g/mol. The number of thiol groups is 1. The SMILES string of the molecule is CCCCCCNC(=O)N(S)CCCCCC. The Morgan fingerprint density at radius 1 is 1.00 bits per heavy atom. The number of urea groups is 1. The molecule has 0 saturated carbocycles. The number of carbonyl (C=O) groups excluding carboxylic acids is 1. The molecule has 4 heteroatoms. The molecule has 2 amide bonds. The number of hydrogen-bond donors (Lipinski definition) is 2. The predicted octanol–water partition coefficient (Wildman–Crippen LogP) is 4.00. The topological polar surface area (TPSA) is 32.3 Å². The second-order valence-corrected chi connectivity index (χ2v) is 4.96. The molecule has 0 aliphatic rings. The van der Waals surface area contributed by atoms with Gasteiger partial charge < -0.3 is 5.32 Å². The molecule has 0 rings (SSSR count). The summed E-state index contributed by atoms with van der Waals surface area (Å²) in [5.41, 5.74) is 0. The van der Waals surface area contributed by atoms with Gasteiger partial charge in [-0.3, -0.25) is 4.31 Å². The molecule has 0 atom stereocenters. The van der Waals surface area contributed by atoms with Gasteiger partial charge in [-0.15, -0.1) is 0 Å². The van der Waals surface area contributed by atoms with Crippen LogP contribution in [0, 0.1) is 0 Å². The summed E-state index contributed by atoms with van der Waals surface area (Å²) >= 11 is 4.19. The summed E-state index contributed by atoms with van der Waals surface area (Å²) in [4.78, 5) is 11.6. The molecular weight excluding hydrogens is 232 g/mol. The third-order valence-corrected chi connectivity index (χ3v) is 3.15. The van der Waals surface area contributed by atoms with E-state index in [1.165, 1.54) is 42.8 Å². The van der Waals surface area contributed by atoms with Crippen molar-refractivity contribution in [2.75, 3.05) is 13.1 Å². The first kappa shape index (κ1) is 16.6. The Balaban J connectivity index is 3.40. The fourth-order valence-corrected chi connectivity index (χ4v) is 1.84. The van der Waals surface area contributed by atoms with Gasteiger partial charge in [-0.05, 0) is 12.8 Å². The second-order valence-electron chi connectivity index (χ2n) is 4.48. The molecule has 0 aliphatic carbocycles. The minimum Gasteiger partial charge on any atom is -0.337 e. The van der Waals surface area contributed by atoms with Crippen LogP contribution in [0.2, 0.25) is 0 Å². The fourth-order valence-electron chi connectivity index (χ4n) is 1.63. The van der Waals surface area contributed by atoms with Gasteiger partial charge in [0.25, 0.3) is 0 Å². The zero-order valence-electron chi connectivity index (χ0n) is 11.4. The van der Waals surface area contributed by atoms with E-state index in [-0.39, 0.29) is 6.03 Å². The smallest absolute Gasteiger partial charge is 0.327 e. The Bertz CT molecular complexity index is 188. The Kier molecular flexibility index (Phi) is 11.8. The van der Waals surface area contributed by atoms with Crippen LogP contribution in [0.25, 0.3) is 0 Å². The molecule has 0 aromatic rings. The first-order valence-corrected chi connectivity index (χ1v) is 7.36. The molecule has 0 unspecified atom stereocenters. The highest BCUT2D eigenvalue weighted by Gasteiger charge is 2.07. The third-order valence-electron chi connectivity index (χ3n) is 2.76. The van der Waals surface area contributed by atoms with Gasteiger partial charge in [-0.25, -0.2) is 4.79 Å². The summed E-state index contributed by atoms with van der Waals surface area (Å²) < 4.78 is 1.50. The average molecular weight is 260 g/mol. The molecule has 0 fully saturated rings. The van der Waals surface area contributed by atoms with Gasteiger partial charge in [-0.1, -0.05) is 65.2 Å². The molecule has 0 aromatic heterocycles. The van der Waals surface area contributed by atoms with E-state index in [1.807, 2.05) is 0 Å². The summed E-state index contributed by atoms with van der Waals surface area (Å²) in [6.07, 6.45) is 9.41. The van der Waals surface area contributed by atoms with Crippen molar-refractivity contribution in [3.8, 4) is 0 Å². The van der Waals surface area contributed by atoms with Crippen LogP contribution in [0.4, 0.5) is 4.79 Å². The van der Waals surface area contributed by atoms with Crippen molar-refractivity contribution in [2.45, 2.75) is 65.2 Å². The summed E-state index contributed by atoms with van der Waals surface area (Å²) in [6.45, 7) is 5.88. The van der Waals surface area contributed by atoms with E-state index in [2.05, 4.69) is 32.0 Å². The molecule has 0 radical (unpaired) electrons. The van der Waals surface area contributed by atoms with Crippen molar-refractivity contribution in [1.29, 1.82) is 0 Å². The lowest BCUT2D eigenvalue weighted by Gasteiger charge is -2.16. The zero-order chi connectivity index (χ0) is 12.9. The largest absolute Gasteiger partial charge is 0.337 e. The number of nitrogens with one attached hydrogen (secondary N) is 1. The second kappa shape index (κ2) is 12.1. The van der Waals surface area contributed by atoms with Crippen molar-refractivity contribution < 1.29 is 4.79 Å². The van der Waals surface area contributed by atoms with Crippen LogP contribution >= 0.6 is 12.8 Å². The lowest BCUT2D eigenvalue weighted by Crippen LogP contribution is -2.35. The quantitative estimate of drug-likeness (QED) is 0.451. The highest BCUT2D eigenvalue weighted by atomic mass is 32.1. The van der Waals surface area contributed by atoms with Crippen LogP contribution in [-0.2, 0) is 0 Å². The Morgan fingerprint density at radius 3 is 2.18 bits per heavy atom. The van der Waals surface area contributed by atoms with Gasteiger partial charge >= 0.3 is 6.03 Å². The Labute approximate surface area is 112 Å². The number of rotatable bonds is 10. The predicted molar refractivity (Wildman–Crippen MR) is 77.4 cm³/mol. The summed E-state index contributed by atoms with van der Waals surface area (Å²) in [6, 6.07) is -0.0543. The van der Waals surface area contributed by atoms with E-state index in [9.17, 15) is 4.79 Å². The molecule has 102 valence electrons. The van der Waals surface area contributed by atoms with Crippen LogP contribution in [-0.4, -0.2) is 23.4 Å². The molecular formula is C13H28N2OS. The molecule has 0 aromatic carbocycles. The van der Waals surface area contributed by atoms with Crippen molar-refractivity contribution in [3.63, 3.8) is 0 Å². The van der Waals surface area contributed by atoms with Crippen LogP contribution < -0.4 is 5.32 Å². The highest BCUT2D eigenvalue weighted by molar-refractivity contribution is 7.78. The standard InChI is InChI=1S/C13H28N2OS/c1-3-5-7-9-11-14-13(16)15(17)12-10-8-6-4-2/h17H,3-12H2,1-2H3,(H,14,16). The van der Waals surface area contributed by atoms with Crippen molar-refractivity contribution in [1.82, 2.24) is 9.62 Å². The van der Waals surface area contributed by atoms with Gasteiger partial charge in [0, 0.05) is 13.1 Å². The summed E-state index contributed by atoms with van der Waals surface area (Å²) in [5.74, 6) is 0. The first-order valence-electron chi connectivity index (χ1n) is 6.96. The summed E-state index contributed by atoms with van der Waals surface area (Å²) in [5, 5.41) is 2.89. The molecule has 3 nitrogen and oxygen atoms in total. The Hall–Kier alpha value is -0.380. The van der Waals surface area contributed by atoms with E-state index in [0.717, 1.165) is 25.9 Å². The van der Waals surface area contributed by atoms with E-state index in [4.69, 9.17) is 0 Å². The first-order chi connectivity index (χ1) is 8.22. The third kappa shape index (κ3) is 10.5. The maximum absolute atomic E-state index is 11.6. The zero-order valence-corrected chi connectivity index (χ0v) is 12.3. The maximum atomic E-state index is 11.6. The van der Waals surface area contributed by atoms with Gasteiger partial charge in [0.05, 0.1) is 0 Å². The highest BCUT2D eigenvalue weighted by Crippen LogP contribution is 2.03. The van der Waals surface area contributed by atoms with Gasteiger partial charge in [-0.2, -0.15) is 0 Å². The van der Waals surface area contributed by atoms with Crippen LogP contribution in [0.3, 0.4) is 0 Å². The summed E-state index contributed by atoms with van der Waals surface area (Å²) in [7, 11) is 0. The normalized spacial score (nSPS) is 10.3. The van der Waals surface area contributed by atoms with E-state index in [0.29, 0.717) is 0 Å². The van der Waals surface area contributed by atoms with E-state index in [1.54, 1.807) is 0 Å². The van der Waals surface area contributed by atoms with Crippen molar-refractivity contribution in [2.24, 2.45) is 0 Å². The molecule has 0 heterocycles. The molecule has 1 N–H and O–H groups in total. The molecule has 0 saturated heterocycles. The fraction of sp³-hybridized carbons (Fsp3) is 0.923.